The third-order valence-corrected chi connectivity index (χ3v) is 5.37. The van der Waals surface area contributed by atoms with Crippen LogP contribution in [0, 0.1) is 0 Å². The van der Waals surface area contributed by atoms with Crippen molar-refractivity contribution in [1.29, 1.82) is 0 Å². The molecular formula is C27H33N3O5. The maximum absolute atomic E-state index is 13.1. The zero-order valence-electron chi connectivity index (χ0n) is 21.0. The molecule has 0 spiro atoms. The fourth-order valence-corrected chi connectivity index (χ4v) is 3.50. The summed E-state index contributed by atoms with van der Waals surface area (Å²) in [6, 6.07) is 16.5. The zero-order chi connectivity index (χ0) is 25.6. The van der Waals surface area contributed by atoms with Crippen LogP contribution in [-0.2, 0) is 30.6 Å². The van der Waals surface area contributed by atoms with Crippen LogP contribution in [0.5, 0.6) is 0 Å². The summed E-state index contributed by atoms with van der Waals surface area (Å²) >= 11 is 0. The summed E-state index contributed by atoms with van der Waals surface area (Å²) in [6.45, 7) is 5.48. The lowest BCUT2D eigenvalue weighted by Gasteiger charge is -2.38. The van der Waals surface area contributed by atoms with Gasteiger partial charge < -0.3 is 9.64 Å². The number of anilines is 1. The van der Waals surface area contributed by atoms with Gasteiger partial charge in [0.25, 0.3) is 0 Å². The highest BCUT2D eigenvalue weighted by Gasteiger charge is 2.38. The highest BCUT2D eigenvalue weighted by atomic mass is 16.7. The van der Waals surface area contributed by atoms with Gasteiger partial charge in [0, 0.05) is 26.2 Å². The number of nitrogens with zero attached hydrogens (tertiary/aromatic N) is 3. The summed E-state index contributed by atoms with van der Waals surface area (Å²) in [5.74, 6) is -1.32. The number of hydroxylamine groups is 2. The normalized spacial score (nSPS) is 16.0. The van der Waals surface area contributed by atoms with E-state index in [4.69, 9.17) is 9.57 Å². The molecule has 2 aromatic rings. The number of amides is 1. The first-order chi connectivity index (χ1) is 16.5. The average Bonchev–Trinajstić information content (AvgIpc) is 2.79. The molecule has 1 fully saturated rings. The van der Waals surface area contributed by atoms with Crippen molar-refractivity contribution in [1.82, 2.24) is 5.06 Å². The van der Waals surface area contributed by atoms with Crippen LogP contribution in [0.15, 0.2) is 59.6 Å². The lowest BCUT2D eigenvalue weighted by atomic mass is 9.97. The lowest BCUT2D eigenvalue weighted by Crippen LogP contribution is -2.52. The van der Waals surface area contributed by atoms with Gasteiger partial charge in [0.2, 0.25) is 5.91 Å². The number of β-lactam (4-membered cyclic amide) rings is 1. The van der Waals surface area contributed by atoms with Crippen molar-refractivity contribution in [2.45, 2.75) is 58.3 Å². The van der Waals surface area contributed by atoms with Crippen LogP contribution < -0.4 is 4.90 Å². The second-order valence-corrected chi connectivity index (χ2v) is 9.67. The molecule has 8 nitrogen and oxygen atoms in total. The number of rotatable bonds is 10. The molecule has 35 heavy (non-hydrogen) atoms. The largest absolute Gasteiger partial charge is 0.455 e. The third kappa shape index (κ3) is 7.48. The van der Waals surface area contributed by atoms with E-state index in [9.17, 15) is 14.4 Å². The van der Waals surface area contributed by atoms with Crippen molar-refractivity contribution < 1.29 is 24.0 Å². The summed E-state index contributed by atoms with van der Waals surface area (Å²) in [5, 5.41) is 1.32. The van der Waals surface area contributed by atoms with Crippen molar-refractivity contribution >= 4 is 34.7 Å². The van der Waals surface area contributed by atoms with Gasteiger partial charge in [-0.3, -0.25) is 14.4 Å². The second-order valence-electron chi connectivity index (χ2n) is 9.67. The fraction of sp³-hybridized carbons (Fsp3) is 0.407. The van der Waals surface area contributed by atoms with Crippen molar-refractivity contribution in [2.75, 3.05) is 19.0 Å². The number of carbonyl (C=O) groups excluding carboxylic acids is 3. The van der Waals surface area contributed by atoms with Crippen LogP contribution >= 0.6 is 0 Å². The molecule has 0 bridgehead atoms. The predicted molar refractivity (Wildman–Crippen MR) is 134 cm³/mol. The summed E-state index contributed by atoms with van der Waals surface area (Å²) in [4.78, 5) is 49.9. The Morgan fingerprint density at radius 3 is 2.29 bits per heavy atom. The first kappa shape index (κ1) is 26.1. The topological polar surface area (TPSA) is 88.5 Å². The van der Waals surface area contributed by atoms with Crippen molar-refractivity contribution in [2.24, 2.45) is 4.99 Å². The molecule has 186 valence electrons. The van der Waals surface area contributed by atoms with Crippen molar-refractivity contribution in [3.63, 3.8) is 0 Å². The Balaban J connectivity index is 1.67. The molecule has 1 aliphatic heterocycles. The van der Waals surface area contributed by atoms with Gasteiger partial charge in [-0.2, -0.15) is 0 Å². The van der Waals surface area contributed by atoms with Crippen LogP contribution in [0.3, 0.4) is 0 Å². The number of benzene rings is 2. The minimum Gasteiger partial charge on any atom is -0.455 e. The van der Waals surface area contributed by atoms with Gasteiger partial charge in [-0.15, -0.1) is 0 Å². The number of Topliss-reactive ketones (excluding diaryl/α,β-unsaturated/α-hetero) is 1. The molecule has 1 atom stereocenters. The van der Waals surface area contributed by atoms with Crippen LogP contribution in [-0.4, -0.2) is 54.2 Å². The minimum atomic E-state index is -0.768. The Hall–Kier alpha value is -3.52. The maximum Gasteiger partial charge on any atom is 0.361 e. The second kappa shape index (κ2) is 11.3. The molecule has 1 unspecified atom stereocenters. The van der Waals surface area contributed by atoms with E-state index in [2.05, 4.69) is 4.99 Å². The summed E-state index contributed by atoms with van der Waals surface area (Å²) in [6.07, 6.45) is 0.699. The van der Waals surface area contributed by atoms with E-state index in [-0.39, 0.29) is 30.7 Å². The Bertz CT molecular complexity index is 1070. The number of carbonyl (C=O) groups is 3. The Morgan fingerprint density at radius 1 is 1.06 bits per heavy atom. The fourth-order valence-electron chi connectivity index (χ4n) is 3.50. The Morgan fingerprint density at radius 2 is 1.71 bits per heavy atom. The summed E-state index contributed by atoms with van der Waals surface area (Å²) < 4.78 is 5.44. The SMILES string of the molecule is CN(C)c1ccc(N=C(C(=O)CCC2CC(=O)N2OCc2ccccc2)C(=O)OC(C)(C)C)cc1. The molecule has 1 saturated heterocycles. The molecule has 0 aromatic heterocycles. The lowest BCUT2D eigenvalue weighted by molar-refractivity contribution is -0.234. The van der Waals surface area contributed by atoms with Crippen LogP contribution in [0.4, 0.5) is 11.4 Å². The summed E-state index contributed by atoms with van der Waals surface area (Å²) in [5.41, 5.74) is 1.38. The first-order valence-corrected chi connectivity index (χ1v) is 11.6. The molecule has 1 aliphatic rings. The van der Waals surface area contributed by atoms with Crippen molar-refractivity contribution in [3.8, 4) is 0 Å². The van der Waals surface area contributed by atoms with E-state index in [1.165, 1.54) is 5.06 Å². The molecule has 0 N–H and O–H groups in total. The van der Waals surface area contributed by atoms with Crippen LogP contribution in [0.25, 0.3) is 0 Å². The molecular weight excluding hydrogens is 446 g/mol. The number of hydrogen-bond acceptors (Lipinski definition) is 7. The standard InChI is InChI=1S/C27H33N3O5/c1-27(2,3)35-26(33)25(28-20-11-13-21(14-12-20)29(4)5)23(31)16-15-22-17-24(32)30(22)34-18-19-9-7-6-8-10-19/h6-14,22H,15-18H2,1-5H3. The number of aliphatic imine (C=N–C) groups is 1. The molecule has 0 aliphatic carbocycles. The van der Waals surface area contributed by atoms with E-state index in [0.717, 1.165) is 11.3 Å². The Labute approximate surface area is 206 Å². The number of hydrogen-bond donors (Lipinski definition) is 0. The molecule has 0 radical (unpaired) electrons. The monoisotopic (exact) mass is 479 g/mol. The third-order valence-electron chi connectivity index (χ3n) is 5.37. The van der Waals surface area contributed by atoms with Gasteiger partial charge in [-0.1, -0.05) is 30.3 Å². The predicted octanol–water partition coefficient (Wildman–Crippen LogP) is 4.25. The molecule has 0 saturated carbocycles. The van der Waals surface area contributed by atoms with Gasteiger partial charge in [-0.05, 0) is 57.0 Å². The summed E-state index contributed by atoms with van der Waals surface area (Å²) in [7, 11) is 3.85. The first-order valence-electron chi connectivity index (χ1n) is 11.6. The number of ketones is 1. The zero-order valence-corrected chi connectivity index (χ0v) is 21.0. The van der Waals surface area contributed by atoms with E-state index < -0.39 is 17.4 Å². The van der Waals surface area contributed by atoms with Crippen LogP contribution in [0.1, 0.15) is 45.6 Å². The van der Waals surface area contributed by atoms with Gasteiger partial charge in [0.05, 0.1) is 18.2 Å². The van der Waals surface area contributed by atoms with Crippen LogP contribution in [0.2, 0.25) is 0 Å². The van der Waals surface area contributed by atoms with E-state index >= 15 is 0 Å². The molecule has 8 heteroatoms. The number of esters is 1. The Kier molecular flexibility index (Phi) is 8.40. The maximum atomic E-state index is 13.1. The van der Waals surface area contributed by atoms with Gasteiger partial charge in [0.15, 0.2) is 11.5 Å². The molecule has 1 heterocycles. The van der Waals surface area contributed by atoms with Gasteiger partial charge >= 0.3 is 5.97 Å². The van der Waals surface area contributed by atoms with Crippen molar-refractivity contribution in [3.05, 3.63) is 60.2 Å². The average molecular weight is 480 g/mol. The van der Waals surface area contributed by atoms with Gasteiger partial charge in [0.1, 0.15) is 12.2 Å². The van der Waals surface area contributed by atoms with E-state index in [0.29, 0.717) is 18.5 Å². The van der Waals surface area contributed by atoms with E-state index in [1.54, 1.807) is 32.9 Å². The smallest absolute Gasteiger partial charge is 0.361 e. The quantitative estimate of drug-likeness (QED) is 0.219. The van der Waals surface area contributed by atoms with E-state index in [1.807, 2.05) is 61.5 Å². The minimum absolute atomic E-state index is 0.0387. The molecule has 2 aromatic carbocycles. The highest BCUT2D eigenvalue weighted by molar-refractivity contribution is 6.64. The van der Waals surface area contributed by atoms with Gasteiger partial charge in [-0.25, -0.2) is 14.9 Å². The molecule has 3 rings (SSSR count). The highest BCUT2D eigenvalue weighted by Crippen LogP contribution is 2.26. The molecule has 1 amide bonds. The number of ether oxygens (including phenoxy) is 1.